The Morgan fingerprint density at radius 1 is 1.10 bits per heavy atom. The molecule has 1 aliphatic heterocycles. The first kappa shape index (κ1) is 23.7. The average Bonchev–Trinajstić information content (AvgIpc) is 2.62. The van der Waals surface area contributed by atoms with Gasteiger partial charge in [0.15, 0.2) is 17.3 Å². The minimum Gasteiger partial charge on any atom is -0.340 e. The van der Waals surface area contributed by atoms with Gasteiger partial charge in [0.1, 0.15) is 17.2 Å². The molecule has 10 heteroatoms. The summed E-state index contributed by atoms with van der Waals surface area (Å²) in [5, 5.41) is 2.79. The highest BCUT2D eigenvalue weighted by Gasteiger charge is 2.39. The summed E-state index contributed by atoms with van der Waals surface area (Å²) in [4.78, 5) is 24.9. The third kappa shape index (κ3) is 5.83. The first-order chi connectivity index (χ1) is 14.4. The van der Waals surface area contributed by atoms with Gasteiger partial charge in [0.2, 0.25) is 0 Å². The number of carbonyl (C=O) groups is 2. The van der Waals surface area contributed by atoms with Gasteiger partial charge in [-0.1, -0.05) is 29.3 Å². The van der Waals surface area contributed by atoms with Crippen molar-refractivity contribution in [1.29, 1.82) is 0 Å². The Morgan fingerprint density at radius 2 is 1.71 bits per heavy atom. The molecule has 0 aromatic heterocycles. The molecule has 1 aliphatic rings. The summed E-state index contributed by atoms with van der Waals surface area (Å²) in [7, 11) is 0. The molecule has 1 heterocycles. The van der Waals surface area contributed by atoms with Crippen LogP contribution in [-0.2, 0) is 11.2 Å². The van der Waals surface area contributed by atoms with Gasteiger partial charge in [-0.05, 0) is 54.5 Å². The Kier molecular flexibility index (Phi) is 7.05. The fraction of sp³-hybridized carbons (Fsp3) is 0.238. The van der Waals surface area contributed by atoms with Crippen LogP contribution in [0.1, 0.15) is 31.8 Å². The molecule has 2 aromatic rings. The number of ketones is 1. The van der Waals surface area contributed by atoms with Crippen LogP contribution in [-0.4, -0.2) is 40.0 Å². The van der Waals surface area contributed by atoms with Crippen molar-refractivity contribution in [1.82, 2.24) is 5.32 Å². The summed E-state index contributed by atoms with van der Waals surface area (Å²) in [6.07, 6.45) is -4.32. The van der Waals surface area contributed by atoms with Crippen LogP contribution in [0, 0.1) is 6.92 Å². The van der Waals surface area contributed by atoms with E-state index in [4.69, 9.17) is 23.2 Å². The molecule has 4 nitrogen and oxygen atoms in total. The van der Waals surface area contributed by atoms with Gasteiger partial charge in [-0.25, -0.2) is 0 Å². The molecule has 2 N–H and O–H groups in total. The summed E-state index contributed by atoms with van der Waals surface area (Å²) in [5.41, 5.74) is -0.744. The Hall–Kier alpha value is -2.00. The fourth-order valence-electron chi connectivity index (χ4n) is 3.09. The number of alkyl halides is 3. The molecule has 31 heavy (non-hydrogen) atoms. The van der Waals surface area contributed by atoms with E-state index in [0.29, 0.717) is 28.7 Å². The van der Waals surface area contributed by atoms with Gasteiger partial charge < -0.3 is 5.32 Å². The summed E-state index contributed by atoms with van der Waals surface area (Å²) < 4.78 is 50.2. The van der Waals surface area contributed by atoms with Crippen molar-refractivity contribution >= 4 is 51.6 Å². The predicted octanol–water partition coefficient (Wildman–Crippen LogP) is 5.33. The maximum atomic E-state index is 13.6. The van der Waals surface area contributed by atoms with Crippen molar-refractivity contribution in [3.05, 3.63) is 74.8 Å². The molecule has 0 saturated carbocycles. The van der Waals surface area contributed by atoms with Crippen molar-refractivity contribution in [2.45, 2.75) is 19.1 Å². The third-order valence-corrected chi connectivity index (χ3v) is 6.64. The Labute approximate surface area is 189 Å². The highest BCUT2D eigenvalue weighted by molar-refractivity contribution is 7.93. The SMILES string of the molecule is Cc1cc(C(=O)/C=C(\c2cc(Cl)cc(Cl)c2)C(F)(F)F)ccc1C(=O)NC1C[S+](O)C1. The first-order valence-electron chi connectivity index (χ1n) is 9.02. The van der Waals surface area contributed by atoms with E-state index >= 15 is 0 Å². The molecule has 0 spiro atoms. The minimum atomic E-state index is -4.81. The van der Waals surface area contributed by atoms with E-state index in [1.807, 2.05) is 0 Å². The van der Waals surface area contributed by atoms with Crippen LogP contribution in [0.4, 0.5) is 13.2 Å². The average molecular weight is 491 g/mol. The molecule has 1 fully saturated rings. The van der Waals surface area contributed by atoms with Crippen LogP contribution in [0.3, 0.4) is 0 Å². The molecule has 0 radical (unpaired) electrons. The number of hydrogen-bond donors (Lipinski definition) is 2. The number of hydrogen-bond acceptors (Lipinski definition) is 3. The minimum absolute atomic E-state index is 0.00414. The topological polar surface area (TPSA) is 66.4 Å². The monoisotopic (exact) mass is 490 g/mol. The highest BCUT2D eigenvalue weighted by Crippen LogP contribution is 2.36. The lowest BCUT2D eigenvalue weighted by Gasteiger charge is -2.22. The number of amides is 1. The Balaban J connectivity index is 1.87. The number of allylic oxidation sites excluding steroid dienone is 2. The van der Waals surface area contributed by atoms with E-state index in [1.165, 1.54) is 24.3 Å². The zero-order chi connectivity index (χ0) is 22.9. The lowest BCUT2D eigenvalue weighted by Crippen LogP contribution is -2.52. The van der Waals surface area contributed by atoms with E-state index in [9.17, 15) is 27.3 Å². The van der Waals surface area contributed by atoms with E-state index < -0.39 is 28.7 Å². The Morgan fingerprint density at radius 3 is 2.23 bits per heavy atom. The molecule has 0 atom stereocenters. The largest absolute Gasteiger partial charge is 0.417 e. The summed E-state index contributed by atoms with van der Waals surface area (Å²) in [6.45, 7) is 1.59. The summed E-state index contributed by atoms with van der Waals surface area (Å²) in [6, 6.07) is 7.41. The van der Waals surface area contributed by atoms with Crippen LogP contribution in [0.15, 0.2) is 42.5 Å². The number of benzene rings is 2. The molecule has 2 aromatic carbocycles. The molecule has 1 saturated heterocycles. The van der Waals surface area contributed by atoms with Gasteiger partial charge in [-0.3, -0.25) is 9.59 Å². The molecule has 3 rings (SSSR count). The predicted molar refractivity (Wildman–Crippen MR) is 117 cm³/mol. The van der Waals surface area contributed by atoms with Crippen LogP contribution in [0.2, 0.25) is 10.0 Å². The van der Waals surface area contributed by atoms with Crippen molar-refractivity contribution in [2.75, 3.05) is 11.5 Å². The molecule has 1 amide bonds. The second kappa shape index (κ2) is 9.24. The van der Waals surface area contributed by atoms with Crippen molar-refractivity contribution in [3.8, 4) is 0 Å². The lowest BCUT2D eigenvalue weighted by molar-refractivity contribution is -0.0689. The maximum Gasteiger partial charge on any atom is 0.417 e. The smallest absolute Gasteiger partial charge is 0.340 e. The molecular weight excluding hydrogens is 474 g/mol. The number of halogens is 5. The molecule has 164 valence electrons. The third-order valence-electron chi connectivity index (χ3n) is 4.63. The number of aryl methyl sites for hydroxylation is 1. The highest BCUT2D eigenvalue weighted by atomic mass is 35.5. The number of carbonyl (C=O) groups excluding carboxylic acids is 2. The molecule has 0 unspecified atom stereocenters. The van der Waals surface area contributed by atoms with Crippen molar-refractivity contribution in [3.63, 3.8) is 0 Å². The molecular formula is C21H17Cl2F3NO3S+. The van der Waals surface area contributed by atoms with Gasteiger partial charge in [0, 0.05) is 21.2 Å². The van der Waals surface area contributed by atoms with Gasteiger partial charge >= 0.3 is 6.18 Å². The zero-order valence-electron chi connectivity index (χ0n) is 16.1. The number of nitrogens with one attached hydrogen (secondary N) is 1. The second-order valence-corrected chi connectivity index (χ2v) is 9.54. The summed E-state index contributed by atoms with van der Waals surface area (Å²) >= 11 is 11.0. The van der Waals surface area contributed by atoms with Gasteiger partial charge in [-0.15, -0.1) is 0 Å². The molecule has 0 bridgehead atoms. The van der Waals surface area contributed by atoms with E-state index in [0.717, 1.165) is 12.1 Å². The summed E-state index contributed by atoms with van der Waals surface area (Å²) in [5.74, 6) is -0.236. The second-order valence-electron chi connectivity index (χ2n) is 7.07. The van der Waals surface area contributed by atoms with Crippen molar-refractivity contribution in [2.24, 2.45) is 0 Å². The van der Waals surface area contributed by atoms with Gasteiger partial charge in [-0.2, -0.15) is 17.7 Å². The van der Waals surface area contributed by atoms with E-state index in [2.05, 4.69) is 5.32 Å². The quantitative estimate of drug-likeness (QED) is 0.338. The van der Waals surface area contributed by atoms with Crippen LogP contribution in [0.25, 0.3) is 5.57 Å². The number of rotatable bonds is 5. The Bertz CT molecular complexity index is 1050. The van der Waals surface area contributed by atoms with Crippen molar-refractivity contribution < 1.29 is 27.3 Å². The van der Waals surface area contributed by atoms with Crippen LogP contribution in [0.5, 0.6) is 0 Å². The van der Waals surface area contributed by atoms with Crippen LogP contribution < -0.4 is 5.32 Å². The fourth-order valence-corrected chi connectivity index (χ4v) is 4.61. The zero-order valence-corrected chi connectivity index (χ0v) is 18.4. The maximum absolute atomic E-state index is 13.6. The van der Waals surface area contributed by atoms with Crippen LogP contribution >= 0.6 is 23.2 Å². The van der Waals surface area contributed by atoms with E-state index in [1.54, 1.807) is 6.92 Å². The normalized spacial score (nSPS) is 19.0. The first-order valence-corrected chi connectivity index (χ1v) is 11.3. The standard InChI is InChI=1S/C21H16Cl2F3NO3S/c1-11-4-12(2-3-17(11)20(29)27-16-9-31(30)10-16)19(28)8-18(21(24,25)26)13-5-14(22)7-15(23)6-13/h2-8,16,30H,9-10H2,1H3/p+1/b18-8+. The lowest BCUT2D eigenvalue weighted by atomic mass is 9.98. The van der Waals surface area contributed by atoms with Gasteiger partial charge in [0.05, 0.1) is 5.57 Å². The molecule has 0 aliphatic carbocycles. The van der Waals surface area contributed by atoms with Gasteiger partial charge in [0.25, 0.3) is 5.91 Å². The van der Waals surface area contributed by atoms with E-state index in [-0.39, 0.29) is 33.1 Å².